The first-order chi connectivity index (χ1) is 16.3. The number of rotatable bonds is 7. The maximum Gasteiger partial charge on any atom is 0.387 e. The highest BCUT2D eigenvalue weighted by atomic mass is 32.1. The van der Waals surface area contributed by atoms with Crippen LogP contribution in [-0.2, 0) is 16.1 Å². The Labute approximate surface area is 197 Å². The smallest absolute Gasteiger partial charge is 0.387 e. The zero-order chi connectivity index (χ0) is 24.4. The number of ether oxygens (including phenoxy) is 2. The molecule has 3 aromatic rings. The lowest BCUT2D eigenvalue weighted by molar-refractivity contribution is -0.139. The van der Waals surface area contributed by atoms with Crippen LogP contribution in [0.3, 0.4) is 0 Å². The SMILES string of the molecule is CCOC(=O)C1=C(C)N=c2s/c(=C/c3ccnn3CC)c(=O)n2[C@H]1c1ccc(OC(F)F)cc1. The maximum atomic E-state index is 13.5. The highest BCUT2D eigenvalue weighted by molar-refractivity contribution is 7.07. The van der Waals surface area contributed by atoms with E-state index in [2.05, 4.69) is 14.8 Å². The number of hydrogen-bond donors (Lipinski definition) is 0. The number of halogens is 2. The Balaban J connectivity index is 1.90. The first-order valence-corrected chi connectivity index (χ1v) is 11.4. The Morgan fingerprint density at radius 3 is 2.62 bits per heavy atom. The second-order valence-corrected chi connectivity index (χ2v) is 8.33. The fourth-order valence-electron chi connectivity index (χ4n) is 3.80. The van der Waals surface area contributed by atoms with Gasteiger partial charge >= 0.3 is 12.6 Å². The molecule has 0 saturated carbocycles. The fraction of sp³-hybridized carbons (Fsp3) is 0.304. The molecule has 1 aliphatic heterocycles. The number of carbonyl (C=O) groups is 1. The molecule has 0 saturated heterocycles. The first kappa shape index (κ1) is 23.6. The summed E-state index contributed by atoms with van der Waals surface area (Å²) < 4.78 is 38.5. The molecule has 1 atom stereocenters. The molecule has 11 heteroatoms. The van der Waals surface area contributed by atoms with E-state index in [1.807, 2.05) is 6.92 Å². The molecule has 0 N–H and O–H groups in total. The molecular weight excluding hydrogens is 466 g/mol. The van der Waals surface area contributed by atoms with Crippen molar-refractivity contribution in [3.63, 3.8) is 0 Å². The molecule has 0 fully saturated rings. The molecule has 1 aromatic carbocycles. The summed E-state index contributed by atoms with van der Waals surface area (Å²) in [5, 5.41) is 4.22. The molecule has 0 unspecified atom stereocenters. The second-order valence-electron chi connectivity index (χ2n) is 7.32. The van der Waals surface area contributed by atoms with Crippen LogP contribution < -0.4 is 19.6 Å². The van der Waals surface area contributed by atoms with Crippen molar-refractivity contribution in [2.75, 3.05) is 6.61 Å². The topological polar surface area (TPSA) is 87.7 Å². The largest absolute Gasteiger partial charge is 0.463 e. The van der Waals surface area contributed by atoms with Gasteiger partial charge in [-0.3, -0.25) is 14.0 Å². The van der Waals surface area contributed by atoms with Crippen LogP contribution in [0.15, 0.2) is 57.6 Å². The van der Waals surface area contributed by atoms with E-state index in [0.717, 1.165) is 5.69 Å². The molecule has 0 bridgehead atoms. The number of nitrogens with zero attached hydrogens (tertiary/aromatic N) is 4. The van der Waals surface area contributed by atoms with Crippen molar-refractivity contribution >= 4 is 23.4 Å². The average molecular weight is 489 g/mol. The quantitative estimate of drug-likeness (QED) is 0.477. The standard InChI is InChI=1S/C23H22F2N4O4S/c1-4-28-15(10-11-26-28)12-17-20(30)29-19(14-6-8-16(9-7-14)33-22(24)25)18(21(31)32-5-2)13(3)27-23(29)34-17/h6-12,19,22H,4-5H2,1-3H3/b17-12+/t19-/m0/s1. The van der Waals surface area contributed by atoms with Gasteiger partial charge in [-0.25, -0.2) is 9.79 Å². The van der Waals surface area contributed by atoms with Gasteiger partial charge in [0.05, 0.1) is 34.1 Å². The molecule has 0 aliphatic carbocycles. The summed E-state index contributed by atoms with van der Waals surface area (Å²) in [6, 6.07) is 6.79. The van der Waals surface area contributed by atoms with Crippen LogP contribution in [0.5, 0.6) is 5.75 Å². The molecular formula is C23H22F2N4O4S. The molecule has 4 rings (SSSR count). The second kappa shape index (κ2) is 9.72. The third-order valence-electron chi connectivity index (χ3n) is 5.27. The van der Waals surface area contributed by atoms with Crippen molar-refractivity contribution in [1.82, 2.24) is 14.3 Å². The van der Waals surface area contributed by atoms with Crippen LogP contribution in [0.2, 0.25) is 0 Å². The number of benzene rings is 1. The summed E-state index contributed by atoms with van der Waals surface area (Å²) >= 11 is 1.20. The van der Waals surface area contributed by atoms with Crippen LogP contribution in [0.4, 0.5) is 8.78 Å². The van der Waals surface area contributed by atoms with E-state index in [1.54, 1.807) is 49.0 Å². The molecule has 0 radical (unpaired) electrons. The summed E-state index contributed by atoms with van der Waals surface area (Å²) in [6.07, 6.45) is 3.39. The summed E-state index contributed by atoms with van der Waals surface area (Å²) in [5.74, 6) is -0.627. The Hall–Kier alpha value is -3.60. The van der Waals surface area contributed by atoms with E-state index in [0.29, 0.717) is 27.1 Å². The third kappa shape index (κ3) is 4.43. The van der Waals surface area contributed by atoms with Crippen LogP contribution >= 0.6 is 11.3 Å². The van der Waals surface area contributed by atoms with Gasteiger partial charge in [-0.2, -0.15) is 13.9 Å². The van der Waals surface area contributed by atoms with Crippen molar-refractivity contribution in [3.8, 4) is 5.75 Å². The number of aryl methyl sites for hydroxylation is 1. The van der Waals surface area contributed by atoms with E-state index >= 15 is 0 Å². The number of alkyl halides is 2. The Morgan fingerprint density at radius 1 is 1.24 bits per heavy atom. The Morgan fingerprint density at radius 2 is 1.97 bits per heavy atom. The van der Waals surface area contributed by atoms with Crippen LogP contribution in [0.25, 0.3) is 6.08 Å². The minimum atomic E-state index is -2.96. The van der Waals surface area contributed by atoms with Gasteiger partial charge in [0.2, 0.25) is 0 Å². The molecule has 8 nitrogen and oxygen atoms in total. The predicted octanol–water partition coefficient (Wildman–Crippen LogP) is 2.62. The number of esters is 1. The normalized spacial score (nSPS) is 15.9. The molecule has 2 aromatic heterocycles. The third-order valence-corrected chi connectivity index (χ3v) is 6.25. The zero-order valence-corrected chi connectivity index (χ0v) is 19.5. The summed E-state index contributed by atoms with van der Waals surface area (Å²) in [7, 11) is 0. The molecule has 0 amide bonds. The lowest BCUT2D eigenvalue weighted by Crippen LogP contribution is -2.40. The van der Waals surface area contributed by atoms with Crippen LogP contribution in [0.1, 0.15) is 38.1 Å². The molecule has 178 valence electrons. The lowest BCUT2D eigenvalue weighted by Gasteiger charge is -2.24. The van der Waals surface area contributed by atoms with Gasteiger partial charge in [-0.1, -0.05) is 23.5 Å². The van der Waals surface area contributed by atoms with Crippen molar-refractivity contribution in [3.05, 3.63) is 78.7 Å². The monoisotopic (exact) mass is 488 g/mol. The molecule has 3 heterocycles. The number of hydrogen-bond acceptors (Lipinski definition) is 7. The Kier molecular flexibility index (Phi) is 6.73. The highest BCUT2D eigenvalue weighted by Crippen LogP contribution is 2.31. The average Bonchev–Trinajstić information content (AvgIpc) is 3.37. The van der Waals surface area contributed by atoms with Gasteiger partial charge in [0.1, 0.15) is 5.75 Å². The van der Waals surface area contributed by atoms with Gasteiger partial charge in [-0.15, -0.1) is 0 Å². The van der Waals surface area contributed by atoms with Crippen molar-refractivity contribution in [1.29, 1.82) is 0 Å². The predicted molar refractivity (Wildman–Crippen MR) is 121 cm³/mol. The number of fused-ring (bicyclic) bond motifs is 1. The Bertz CT molecular complexity index is 1420. The first-order valence-electron chi connectivity index (χ1n) is 10.6. The zero-order valence-electron chi connectivity index (χ0n) is 18.7. The highest BCUT2D eigenvalue weighted by Gasteiger charge is 2.33. The van der Waals surface area contributed by atoms with Gasteiger partial charge in [0, 0.05) is 12.7 Å². The van der Waals surface area contributed by atoms with Crippen molar-refractivity contribution < 1.29 is 23.0 Å². The van der Waals surface area contributed by atoms with Crippen molar-refractivity contribution in [2.45, 2.75) is 40.0 Å². The summed E-state index contributed by atoms with van der Waals surface area (Å²) in [4.78, 5) is 31.3. The number of aromatic nitrogens is 3. The maximum absolute atomic E-state index is 13.5. The molecule has 0 spiro atoms. The number of thiazole rings is 1. The van der Waals surface area contributed by atoms with Gasteiger partial charge in [0.15, 0.2) is 4.80 Å². The summed E-state index contributed by atoms with van der Waals surface area (Å²) in [6.45, 7) is 3.13. The van der Waals surface area contributed by atoms with Gasteiger partial charge < -0.3 is 9.47 Å². The summed E-state index contributed by atoms with van der Waals surface area (Å²) in [5.41, 5.74) is 1.59. The minimum absolute atomic E-state index is 0.0302. The van der Waals surface area contributed by atoms with Gasteiger partial charge in [0.25, 0.3) is 5.56 Å². The van der Waals surface area contributed by atoms with E-state index in [-0.39, 0.29) is 23.5 Å². The van der Waals surface area contributed by atoms with E-state index in [1.165, 1.54) is 28.0 Å². The molecule has 34 heavy (non-hydrogen) atoms. The minimum Gasteiger partial charge on any atom is -0.463 e. The van der Waals surface area contributed by atoms with E-state index in [4.69, 9.17) is 4.74 Å². The van der Waals surface area contributed by atoms with Gasteiger partial charge in [-0.05, 0) is 50.6 Å². The van der Waals surface area contributed by atoms with Crippen LogP contribution in [-0.4, -0.2) is 33.5 Å². The fourth-order valence-corrected chi connectivity index (χ4v) is 4.83. The number of carbonyl (C=O) groups excluding carboxylic acids is 1. The lowest BCUT2D eigenvalue weighted by atomic mass is 9.96. The van der Waals surface area contributed by atoms with E-state index in [9.17, 15) is 18.4 Å². The number of allylic oxidation sites excluding steroid dienone is 1. The van der Waals surface area contributed by atoms with Crippen molar-refractivity contribution in [2.24, 2.45) is 4.99 Å². The molecule has 1 aliphatic rings. The van der Waals surface area contributed by atoms with Crippen LogP contribution in [0, 0.1) is 0 Å². The van der Waals surface area contributed by atoms with E-state index < -0.39 is 18.6 Å².